The summed E-state index contributed by atoms with van der Waals surface area (Å²) in [6.45, 7) is 0.647. The maximum absolute atomic E-state index is 13.1. The van der Waals surface area contributed by atoms with Gasteiger partial charge < -0.3 is 24.0 Å². The Morgan fingerprint density at radius 1 is 0.970 bits per heavy atom. The summed E-state index contributed by atoms with van der Waals surface area (Å²) in [6.07, 6.45) is 0. The number of nitrogens with zero attached hydrogens (tertiary/aromatic N) is 3. The fraction of sp³-hybridized carbons (Fsp3) is 0.273. The maximum Gasteiger partial charge on any atom is 0.289 e. The molecule has 1 saturated heterocycles. The van der Waals surface area contributed by atoms with Crippen LogP contribution in [0.5, 0.6) is 11.5 Å². The number of carbonyl (C=O) groups excluding carboxylic acids is 1. The van der Waals surface area contributed by atoms with Crippen LogP contribution in [-0.2, 0) is 10.0 Å². The van der Waals surface area contributed by atoms with Crippen LogP contribution >= 0.6 is 0 Å². The van der Waals surface area contributed by atoms with Gasteiger partial charge in [0.15, 0.2) is 5.76 Å². The van der Waals surface area contributed by atoms with Crippen LogP contribution in [0.4, 0.5) is 0 Å². The Bertz CT molecular complexity index is 1340. The van der Waals surface area contributed by atoms with E-state index in [4.69, 9.17) is 13.9 Å². The summed E-state index contributed by atoms with van der Waals surface area (Å²) in [5.41, 5.74) is 0.328. The van der Waals surface area contributed by atoms with Gasteiger partial charge in [0.05, 0.1) is 19.1 Å². The Balaban J connectivity index is 1.53. The first-order valence-electron chi connectivity index (χ1n) is 10.1. The first-order chi connectivity index (χ1) is 15.9. The number of fused-ring (bicyclic) bond motifs is 1. The number of methoxy groups -OCH3 is 2. The van der Waals surface area contributed by atoms with Crippen molar-refractivity contribution < 1.29 is 32.3 Å². The van der Waals surface area contributed by atoms with E-state index in [2.05, 4.69) is 5.16 Å². The van der Waals surface area contributed by atoms with Gasteiger partial charge in [-0.1, -0.05) is 5.16 Å². The zero-order chi connectivity index (χ0) is 23.6. The van der Waals surface area contributed by atoms with E-state index < -0.39 is 15.9 Å². The van der Waals surface area contributed by atoms with Crippen LogP contribution in [0.3, 0.4) is 0 Å². The topological polar surface area (TPSA) is 122 Å². The van der Waals surface area contributed by atoms with E-state index in [1.807, 2.05) is 0 Å². The van der Waals surface area contributed by atoms with Gasteiger partial charge in [0.2, 0.25) is 10.0 Å². The summed E-state index contributed by atoms with van der Waals surface area (Å²) in [6, 6.07) is 12.5. The monoisotopic (exact) mass is 473 g/mol. The Morgan fingerprint density at radius 2 is 1.61 bits per heavy atom. The third kappa shape index (κ3) is 4.37. The molecule has 1 aromatic heterocycles. The second kappa shape index (κ2) is 9.12. The fourth-order valence-corrected chi connectivity index (χ4v) is 5.07. The minimum Gasteiger partial charge on any atom is -0.497 e. The minimum absolute atomic E-state index is 0.0185. The zero-order valence-electron chi connectivity index (χ0n) is 18.1. The first kappa shape index (κ1) is 22.6. The van der Waals surface area contributed by atoms with Crippen molar-refractivity contribution in [2.75, 3.05) is 40.4 Å². The van der Waals surface area contributed by atoms with Crippen molar-refractivity contribution in [2.24, 2.45) is 5.16 Å². The highest BCUT2D eigenvalue weighted by Crippen LogP contribution is 2.23. The average Bonchev–Trinajstić information content (AvgIpc) is 2.87. The molecule has 0 spiro atoms. The molecule has 33 heavy (non-hydrogen) atoms. The van der Waals surface area contributed by atoms with Crippen molar-refractivity contribution in [1.82, 2.24) is 9.21 Å². The van der Waals surface area contributed by atoms with Crippen LogP contribution in [0.25, 0.3) is 11.0 Å². The number of hydrogen-bond acceptors (Lipinski definition) is 8. The quantitative estimate of drug-likeness (QED) is 0.444. The molecular formula is C22H23N3O7S. The van der Waals surface area contributed by atoms with Crippen LogP contribution in [0.2, 0.25) is 0 Å². The lowest BCUT2D eigenvalue weighted by Gasteiger charge is -2.33. The van der Waals surface area contributed by atoms with Crippen LogP contribution in [-0.4, -0.2) is 69.1 Å². The smallest absolute Gasteiger partial charge is 0.289 e. The summed E-state index contributed by atoms with van der Waals surface area (Å²) in [5.74, 6) is 0.647. The number of hydrogen-bond donors (Lipinski definition) is 1. The van der Waals surface area contributed by atoms with Gasteiger partial charge in [-0.2, -0.15) is 4.31 Å². The van der Waals surface area contributed by atoms with Crippen LogP contribution in [0.15, 0.2) is 63.0 Å². The second-order valence-electron chi connectivity index (χ2n) is 7.33. The maximum atomic E-state index is 13.1. The molecule has 2 aromatic carbocycles. The minimum atomic E-state index is -3.69. The lowest BCUT2D eigenvalue weighted by atomic mass is 10.2. The molecule has 10 nitrogen and oxygen atoms in total. The van der Waals surface area contributed by atoms with Gasteiger partial charge in [-0.25, -0.2) is 8.42 Å². The molecular weight excluding hydrogens is 450 g/mol. The molecule has 1 fully saturated rings. The van der Waals surface area contributed by atoms with E-state index in [0.717, 1.165) is 0 Å². The molecule has 0 saturated carbocycles. The number of sulfonamides is 1. The van der Waals surface area contributed by atoms with Crippen molar-refractivity contribution >= 4 is 26.9 Å². The van der Waals surface area contributed by atoms with Gasteiger partial charge in [0.1, 0.15) is 22.4 Å². The van der Waals surface area contributed by atoms with Crippen molar-refractivity contribution in [3.63, 3.8) is 0 Å². The molecule has 1 amide bonds. The fourth-order valence-electron chi connectivity index (χ4n) is 3.65. The van der Waals surface area contributed by atoms with Crippen molar-refractivity contribution in [1.29, 1.82) is 0 Å². The number of ether oxygens (including phenoxy) is 2. The molecule has 11 heteroatoms. The van der Waals surface area contributed by atoms with Crippen LogP contribution < -0.4 is 14.8 Å². The first-order valence-corrected chi connectivity index (χ1v) is 11.5. The number of rotatable bonds is 5. The molecule has 0 bridgehead atoms. The number of amides is 1. The Kier molecular flexibility index (Phi) is 6.25. The predicted molar refractivity (Wildman–Crippen MR) is 118 cm³/mol. The lowest BCUT2D eigenvalue weighted by molar-refractivity contribution is 0.0666. The van der Waals surface area contributed by atoms with Gasteiger partial charge in [-0.15, -0.1) is 0 Å². The van der Waals surface area contributed by atoms with Gasteiger partial charge >= 0.3 is 0 Å². The molecule has 1 N–H and O–H groups in total. The summed E-state index contributed by atoms with van der Waals surface area (Å²) in [4.78, 5) is 14.7. The molecule has 174 valence electrons. The van der Waals surface area contributed by atoms with E-state index in [-0.39, 0.29) is 42.2 Å². The highest BCUT2D eigenvalue weighted by atomic mass is 32.2. The normalized spacial score (nSPS) is 15.6. The highest BCUT2D eigenvalue weighted by Gasteiger charge is 2.31. The van der Waals surface area contributed by atoms with E-state index >= 15 is 0 Å². The summed E-state index contributed by atoms with van der Waals surface area (Å²) in [7, 11) is -0.677. The van der Waals surface area contributed by atoms with Gasteiger partial charge in [0, 0.05) is 43.7 Å². The molecule has 3 aromatic rings. The summed E-state index contributed by atoms with van der Waals surface area (Å²) in [5, 5.41) is 13.4. The Hall–Kier alpha value is -3.57. The molecule has 0 radical (unpaired) electrons. The van der Waals surface area contributed by atoms with E-state index in [1.54, 1.807) is 30.3 Å². The Morgan fingerprint density at radius 3 is 2.21 bits per heavy atom. The van der Waals surface area contributed by atoms with Crippen LogP contribution in [0, 0.1) is 0 Å². The van der Waals surface area contributed by atoms with Gasteiger partial charge in [0.25, 0.3) is 5.91 Å². The molecule has 2 heterocycles. The average molecular weight is 474 g/mol. The third-order valence-electron chi connectivity index (χ3n) is 5.49. The molecule has 1 aliphatic heterocycles. The van der Waals surface area contributed by atoms with E-state index in [0.29, 0.717) is 22.5 Å². The second-order valence-corrected chi connectivity index (χ2v) is 9.27. The standard InChI is InChI=1S/C22H23N3O7S/c1-30-15-3-6-17(7-4-15)33(28,29)25-11-9-24(10-12-25)22(26)21-14-19(23-27)18-8-5-16(31-2)13-20(18)32-21/h3-8,13-14,27H,9-12H2,1-2H3/b23-19+. The lowest BCUT2D eigenvalue weighted by Crippen LogP contribution is -2.50. The molecule has 0 unspecified atom stereocenters. The molecule has 4 rings (SSSR count). The van der Waals surface area contributed by atoms with Gasteiger partial charge in [-0.3, -0.25) is 4.79 Å². The number of benzene rings is 2. The van der Waals surface area contributed by atoms with E-state index in [1.165, 1.54) is 41.6 Å². The molecule has 1 aliphatic rings. The van der Waals surface area contributed by atoms with Crippen molar-refractivity contribution in [2.45, 2.75) is 4.90 Å². The SMILES string of the molecule is COc1ccc(S(=O)(=O)N2CCN(C(=O)c3c/c(=N\O)c4ccc(OC)cc4o3)CC2)cc1. The third-order valence-corrected chi connectivity index (χ3v) is 7.41. The summed E-state index contributed by atoms with van der Waals surface area (Å²) >= 11 is 0. The zero-order valence-corrected chi connectivity index (χ0v) is 18.9. The number of piperazine rings is 1. The van der Waals surface area contributed by atoms with Crippen molar-refractivity contribution in [3.05, 3.63) is 59.6 Å². The number of carbonyl (C=O) groups is 1. The van der Waals surface area contributed by atoms with Gasteiger partial charge in [-0.05, 0) is 36.4 Å². The van der Waals surface area contributed by atoms with E-state index in [9.17, 15) is 18.4 Å². The molecule has 0 aliphatic carbocycles. The Labute approximate surface area is 190 Å². The largest absolute Gasteiger partial charge is 0.497 e. The highest BCUT2D eigenvalue weighted by molar-refractivity contribution is 7.89. The predicted octanol–water partition coefficient (Wildman–Crippen LogP) is 1.89. The van der Waals surface area contributed by atoms with Crippen LogP contribution in [0.1, 0.15) is 10.6 Å². The van der Waals surface area contributed by atoms with Crippen molar-refractivity contribution in [3.8, 4) is 11.5 Å². The molecule has 0 atom stereocenters. The summed E-state index contributed by atoms with van der Waals surface area (Å²) < 4.78 is 43.2.